The van der Waals surface area contributed by atoms with Crippen LogP contribution in [0.5, 0.6) is 0 Å². The van der Waals surface area contributed by atoms with Crippen molar-refractivity contribution in [1.82, 2.24) is 0 Å². The van der Waals surface area contributed by atoms with E-state index < -0.39 is 23.3 Å². The summed E-state index contributed by atoms with van der Waals surface area (Å²) in [6.07, 6.45) is 0. The summed E-state index contributed by atoms with van der Waals surface area (Å²) in [6, 6.07) is 20.3. The Hall–Kier alpha value is -3.66. The van der Waals surface area contributed by atoms with Crippen LogP contribution in [0.25, 0.3) is 53.9 Å². The van der Waals surface area contributed by atoms with E-state index in [2.05, 4.69) is 0 Å². The summed E-state index contributed by atoms with van der Waals surface area (Å²) in [5.41, 5.74) is 0. The second-order valence-electron chi connectivity index (χ2n) is 7.42. The first-order chi connectivity index (χ1) is 14.6. The van der Waals surface area contributed by atoms with Crippen LogP contribution in [0.15, 0.2) is 72.8 Å². The number of benzene rings is 6. The van der Waals surface area contributed by atoms with Crippen molar-refractivity contribution in [2.75, 3.05) is 0 Å². The van der Waals surface area contributed by atoms with E-state index in [4.69, 9.17) is 0 Å². The maximum Gasteiger partial charge on any atom is 0.168 e. The van der Waals surface area contributed by atoms with Gasteiger partial charge in [-0.15, -0.1) is 0 Å². The number of rotatable bonds is 0. The van der Waals surface area contributed by atoms with Gasteiger partial charge < -0.3 is 0 Å². The van der Waals surface area contributed by atoms with Gasteiger partial charge in [-0.1, -0.05) is 66.7 Å². The van der Waals surface area contributed by atoms with E-state index in [9.17, 15) is 4.39 Å². The number of fused-ring (bicyclic) bond motifs is 10. The Morgan fingerprint density at radius 3 is 1.77 bits per heavy atom. The molecule has 0 spiro atoms. The highest BCUT2D eigenvalue weighted by atomic mass is 19.2. The van der Waals surface area contributed by atoms with E-state index in [0.717, 1.165) is 16.8 Å². The molecule has 0 heterocycles. The summed E-state index contributed by atoms with van der Waals surface area (Å²) in [5.74, 6) is -4.52. The van der Waals surface area contributed by atoms with Gasteiger partial charge in [-0.25, -0.2) is 17.6 Å². The minimum atomic E-state index is -1.18. The third-order valence-electron chi connectivity index (χ3n) is 5.91. The summed E-state index contributed by atoms with van der Waals surface area (Å²) in [7, 11) is 0. The van der Waals surface area contributed by atoms with Crippen molar-refractivity contribution in [3.05, 3.63) is 96.1 Å². The molecule has 0 aliphatic carbocycles. The molecular weight excluding hydrogens is 388 g/mol. The molecule has 0 radical (unpaired) electrons. The van der Waals surface area contributed by atoms with Gasteiger partial charge in [-0.2, -0.15) is 0 Å². The van der Waals surface area contributed by atoms with E-state index in [1.165, 1.54) is 12.1 Å². The second-order valence-corrected chi connectivity index (χ2v) is 7.42. The fraction of sp³-hybridized carbons (Fsp3) is 0. The lowest BCUT2D eigenvalue weighted by molar-refractivity contribution is 0.515. The molecule has 0 aliphatic heterocycles. The van der Waals surface area contributed by atoms with E-state index in [1.54, 1.807) is 18.2 Å². The van der Waals surface area contributed by atoms with E-state index in [-0.39, 0.29) is 16.2 Å². The molecule has 0 N–H and O–H groups in total. The average Bonchev–Trinajstić information content (AvgIpc) is 2.78. The smallest absolute Gasteiger partial charge is 0.168 e. The molecule has 6 rings (SSSR count). The molecule has 0 saturated heterocycles. The van der Waals surface area contributed by atoms with Crippen LogP contribution in [0.2, 0.25) is 0 Å². The van der Waals surface area contributed by atoms with Crippen molar-refractivity contribution >= 4 is 53.9 Å². The van der Waals surface area contributed by atoms with Gasteiger partial charge in [0.15, 0.2) is 23.3 Å². The van der Waals surface area contributed by atoms with Gasteiger partial charge in [0.25, 0.3) is 0 Å². The summed E-state index contributed by atoms with van der Waals surface area (Å²) in [6.45, 7) is 0. The molecular formula is C26H12F4. The highest BCUT2D eigenvalue weighted by molar-refractivity contribution is 6.36. The van der Waals surface area contributed by atoms with Crippen molar-refractivity contribution in [1.29, 1.82) is 0 Å². The fourth-order valence-electron chi connectivity index (χ4n) is 4.64. The van der Waals surface area contributed by atoms with Crippen LogP contribution in [0.3, 0.4) is 0 Å². The average molecular weight is 400 g/mol. The molecule has 144 valence electrons. The Kier molecular flexibility index (Phi) is 3.40. The molecule has 4 heteroatoms. The van der Waals surface area contributed by atoms with Gasteiger partial charge in [0.2, 0.25) is 0 Å². The molecule has 0 bridgehead atoms. The lowest BCUT2D eigenvalue weighted by Gasteiger charge is -2.16. The molecule has 0 aliphatic rings. The van der Waals surface area contributed by atoms with Crippen molar-refractivity contribution in [2.45, 2.75) is 0 Å². The molecule has 0 fully saturated rings. The highest BCUT2D eigenvalue weighted by Crippen LogP contribution is 2.44. The fourth-order valence-corrected chi connectivity index (χ4v) is 4.64. The molecule has 0 nitrogen and oxygen atoms in total. The monoisotopic (exact) mass is 400 g/mol. The lowest BCUT2D eigenvalue weighted by atomic mass is 9.88. The Labute approximate surface area is 168 Å². The van der Waals surface area contributed by atoms with Crippen molar-refractivity contribution in [2.24, 2.45) is 0 Å². The van der Waals surface area contributed by atoms with Gasteiger partial charge in [-0.3, -0.25) is 0 Å². The van der Waals surface area contributed by atoms with Gasteiger partial charge >= 0.3 is 0 Å². The first-order valence-electron chi connectivity index (χ1n) is 9.48. The predicted octanol–water partition coefficient (Wildman–Crippen LogP) is 8.01. The minimum absolute atomic E-state index is 0.105. The number of halogens is 4. The van der Waals surface area contributed by atoms with Crippen LogP contribution in [0.4, 0.5) is 17.6 Å². The Balaban J connectivity index is 2.13. The number of hydrogen-bond acceptors (Lipinski definition) is 0. The van der Waals surface area contributed by atoms with E-state index >= 15 is 13.2 Å². The topological polar surface area (TPSA) is 0 Å². The SMILES string of the molecule is Fc1ccc2c3ccc4ccccc4c3c3c4ccccc4c(F)c(F)c3c2c1F. The van der Waals surface area contributed by atoms with Crippen LogP contribution in [-0.4, -0.2) is 0 Å². The summed E-state index contributed by atoms with van der Waals surface area (Å²) >= 11 is 0. The Bertz CT molecular complexity index is 1680. The standard InChI is InChI=1S/C26H12F4/c27-19-12-11-17-16-10-9-13-5-1-2-6-14(13)20(16)21-15-7-3-4-8-18(15)24(28)26(30)23(21)22(17)25(19)29/h1-12H. The zero-order valence-corrected chi connectivity index (χ0v) is 15.4. The molecule has 0 saturated carbocycles. The normalized spacial score (nSPS) is 12.0. The zero-order chi connectivity index (χ0) is 20.6. The van der Waals surface area contributed by atoms with Crippen LogP contribution >= 0.6 is 0 Å². The zero-order valence-electron chi connectivity index (χ0n) is 15.4. The highest BCUT2D eigenvalue weighted by Gasteiger charge is 2.23. The first-order valence-corrected chi connectivity index (χ1v) is 9.48. The summed E-state index contributed by atoms with van der Waals surface area (Å²) in [4.78, 5) is 0. The molecule has 6 aromatic carbocycles. The molecule has 0 aromatic heterocycles. The molecule has 0 amide bonds. The Morgan fingerprint density at radius 2 is 0.967 bits per heavy atom. The first kappa shape index (κ1) is 17.2. The Morgan fingerprint density at radius 1 is 0.367 bits per heavy atom. The van der Waals surface area contributed by atoms with E-state index in [0.29, 0.717) is 26.9 Å². The molecule has 30 heavy (non-hydrogen) atoms. The third kappa shape index (κ3) is 2.05. The van der Waals surface area contributed by atoms with E-state index in [1.807, 2.05) is 36.4 Å². The van der Waals surface area contributed by atoms with Crippen LogP contribution < -0.4 is 0 Å². The molecule has 6 aromatic rings. The molecule has 0 atom stereocenters. The summed E-state index contributed by atoms with van der Waals surface area (Å²) < 4.78 is 59.6. The summed E-state index contributed by atoms with van der Waals surface area (Å²) in [5, 5.41) is 3.92. The molecule has 0 unspecified atom stereocenters. The maximum absolute atomic E-state index is 15.4. The quantitative estimate of drug-likeness (QED) is 0.179. The lowest BCUT2D eigenvalue weighted by Crippen LogP contribution is -1.97. The van der Waals surface area contributed by atoms with Crippen LogP contribution in [0, 0.1) is 23.3 Å². The maximum atomic E-state index is 15.4. The van der Waals surface area contributed by atoms with Gasteiger partial charge in [0.1, 0.15) is 0 Å². The van der Waals surface area contributed by atoms with Gasteiger partial charge in [0, 0.05) is 21.5 Å². The largest absolute Gasteiger partial charge is 0.204 e. The predicted molar refractivity (Wildman–Crippen MR) is 114 cm³/mol. The van der Waals surface area contributed by atoms with Gasteiger partial charge in [-0.05, 0) is 38.4 Å². The minimum Gasteiger partial charge on any atom is -0.204 e. The number of hydrogen-bond donors (Lipinski definition) is 0. The van der Waals surface area contributed by atoms with Crippen LogP contribution in [-0.2, 0) is 0 Å². The van der Waals surface area contributed by atoms with Crippen molar-refractivity contribution in [3.63, 3.8) is 0 Å². The van der Waals surface area contributed by atoms with Gasteiger partial charge in [0.05, 0.1) is 0 Å². The third-order valence-corrected chi connectivity index (χ3v) is 5.91. The van der Waals surface area contributed by atoms with Crippen LogP contribution in [0.1, 0.15) is 0 Å². The van der Waals surface area contributed by atoms with Crippen molar-refractivity contribution in [3.8, 4) is 0 Å². The van der Waals surface area contributed by atoms with Crippen molar-refractivity contribution < 1.29 is 17.6 Å². The second kappa shape index (κ2) is 5.92.